The zero-order valence-corrected chi connectivity index (χ0v) is 18.9. The summed E-state index contributed by atoms with van der Waals surface area (Å²) in [7, 11) is 0. The minimum atomic E-state index is -0.315. The number of fused-ring (bicyclic) bond motifs is 2. The number of para-hydroxylation sites is 2. The fraction of sp³-hybridized carbons (Fsp3) is 0.360. The molecule has 7 heteroatoms. The summed E-state index contributed by atoms with van der Waals surface area (Å²) >= 11 is 0. The predicted octanol–water partition coefficient (Wildman–Crippen LogP) is 4.45. The smallest absolute Gasteiger partial charge is 0.274 e. The Labute approximate surface area is 186 Å². The Morgan fingerprint density at radius 3 is 2.38 bits per heavy atom. The van der Waals surface area contributed by atoms with Gasteiger partial charge in [-0.2, -0.15) is 5.10 Å². The van der Waals surface area contributed by atoms with Gasteiger partial charge in [-0.3, -0.25) is 9.59 Å². The summed E-state index contributed by atoms with van der Waals surface area (Å²) in [6.07, 6.45) is 0.717. The lowest BCUT2D eigenvalue weighted by molar-refractivity contribution is 0.0924. The van der Waals surface area contributed by atoms with Crippen molar-refractivity contribution in [3.63, 3.8) is 0 Å². The molecular formula is C25H29N5O2. The molecule has 7 nitrogen and oxygen atoms in total. The van der Waals surface area contributed by atoms with Crippen LogP contribution in [0.1, 0.15) is 56.5 Å². The van der Waals surface area contributed by atoms with E-state index in [2.05, 4.69) is 29.2 Å². The van der Waals surface area contributed by atoms with Crippen LogP contribution in [0, 0.1) is 11.8 Å². The fourth-order valence-electron chi connectivity index (χ4n) is 3.95. The van der Waals surface area contributed by atoms with Crippen LogP contribution in [0.4, 0.5) is 0 Å². The van der Waals surface area contributed by atoms with Crippen molar-refractivity contribution in [2.24, 2.45) is 11.8 Å². The zero-order chi connectivity index (χ0) is 22.8. The van der Waals surface area contributed by atoms with Crippen LogP contribution in [0.5, 0.6) is 0 Å². The van der Waals surface area contributed by atoms with Crippen LogP contribution in [0.3, 0.4) is 0 Å². The Morgan fingerprint density at radius 1 is 1.00 bits per heavy atom. The SMILES string of the molecule is CC(C)CC(NC(=O)c1nn(CC(C)C)c(=O)c2ccccc12)c1nc2ccccc2[nH]1. The quantitative estimate of drug-likeness (QED) is 0.452. The van der Waals surface area contributed by atoms with Gasteiger partial charge in [0.15, 0.2) is 5.69 Å². The molecule has 1 amide bonds. The van der Waals surface area contributed by atoms with Gasteiger partial charge in [-0.1, -0.05) is 58.0 Å². The van der Waals surface area contributed by atoms with Gasteiger partial charge in [0.25, 0.3) is 11.5 Å². The molecule has 4 rings (SSSR count). The number of amides is 1. The number of carbonyl (C=O) groups is 1. The van der Waals surface area contributed by atoms with Crippen molar-refractivity contribution in [2.75, 3.05) is 0 Å². The molecule has 0 bridgehead atoms. The third-order valence-electron chi connectivity index (χ3n) is 5.37. The molecule has 166 valence electrons. The molecule has 1 atom stereocenters. The first-order chi connectivity index (χ1) is 15.3. The van der Waals surface area contributed by atoms with Crippen molar-refractivity contribution >= 4 is 27.7 Å². The Morgan fingerprint density at radius 2 is 1.69 bits per heavy atom. The number of imidazole rings is 1. The van der Waals surface area contributed by atoms with Gasteiger partial charge in [-0.15, -0.1) is 0 Å². The Hall–Kier alpha value is -3.48. The largest absolute Gasteiger partial charge is 0.341 e. The number of rotatable bonds is 7. The summed E-state index contributed by atoms with van der Waals surface area (Å²) in [6, 6.07) is 14.7. The molecule has 0 radical (unpaired) electrons. The highest BCUT2D eigenvalue weighted by Gasteiger charge is 2.23. The van der Waals surface area contributed by atoms with E-state index in [1.165, 1.54) is 4.68 Å². The van der Waals surface area contributed by atoms with Gasteiger partial charge < -0.3 is 10.3 Å². The second-order valence-corrected chi connectivity index (χ2v) is 9.07. The highest BCUT2D eigenvalue weighted by atomic mass is 16.2. The normalized spacial score (nSPS) is 12.7. The second-order valence-electron chi connectivity index (χ2n) is 9.07. The second kappa shape index (κ2) is 8.94. The molecule has 2 N–H and O–H groups in total. The van der Waals surface area contributed by atoms with Crippen LogP contribution < -0.4 is 10.9 Å². The number of aromatic amines is 1. The third kappa shape index (κ3) is 4.42. The number of nitrogens with one attached hydrogen (secondary N) is 2. The van der Waals surface area contributed by atoms with Crippen molar-refractivity contribution in [3.8, 4) is 0 Å². The van der Waals surface area contributed by atoms with Crippen molar-refractivity contribution < 1.29 is 4.79 Å². The number of H-pyrrole nitrogens is 1. The van der Waals surface area contributed by atoms with Gasteiger partial charge >= 0.3 is 0 Å². The molecule has 2 aromatic carbocycles. The van der Waals surface area contributed by atoms with Crippen molar-refractivity contribution in [1.82, 2.24) is 25.1 Å². The molecule has 0 aliphatic heterocycles. The molecule has 0 saturated heterocycles. The monoisotopic (exact) mass is 431 g/mol. The number of hydrogen-bond donors (Lipinski definition) is 2. The van der Waals surface area contributed by atoms with Crippen LogP contribution in [0.25, 0.3) is 21.8 Å². The first-order valence-corrected chi connectivity index (χ1v) is 11.1. The molecule has 0 aliphatic carbocycles. The molecule has 2 aromatic heterocycles. The number of hydrogen-bond acceptors (Lipinski definition) is 4. The Bertz CT molecular complexity index is 1290. The number of carbonyl (C=O) groups excluding carboxylic acids is 1. The topological polar surface area (TPSA) is 92.7 Å². The average molecular weight is 432 g/mol. The van der Waals surface area contributed by atoms with Crippen molar-refractivity contribution in [3.05, 3.63) is 70.4 Å². The standard InChI is InChI=1S/C25H29N5O2/c1-15(2)13-21(23-26-19-11-7-8-12-20(19)27-23)28-24(31)22-17-9-5-6-10-18(17)25(32)30(29-22)14-16(3)4/h5-12,15-16,21H,13-14H2,1-4H3,(H,26,27)(H,28,31). The first kappa shape index (κ1) is 21.7. The van der Waals surface area contributed by atoms with E-state index in [1.807, 2.05) is 44.2 Å². The zero-order valence-electron chi connectivity index (χ0n) is 18.9. The van der Waals surface area contributed by atoms with Crippen molar-refractivity contribution in [1.29, 1.82) is 0 Å². The molecule has 0 spiro atoms. The van der Waals surface area contributed by atoms with E-state index in [0.717, 1.165) is 17.5 Å². The summed E-state index contributed by atoms with van der Waals surface area (Å²) < 4.78 is 1.40. The van der Waals surface area contributed by atoms with E-state index in [-0.39, 0.29) is 29.1 Å². The molecule has 32 heavy (non-hydrogen) atoms. The van der Waals surface area contributed by atoms with E-state index in [0.29, 0.717) is 29.1 Å². The maximum Gasteiger partial charge on any atom is 0.274 e. The van der Waals surface area contributed by atoms with Gasteiger partial charge in [0.05, 0.1) is 22.5 Å². The molecule has 4 aromatic rings. The lowest BCUT2D eigenvalue weighted by atomic mass is 10.0. The van der Waals surface area contributed by atoms with E-state index in [1.54, 1.807) is 18.2 Å². The predicted molar refractivity (Wildman–Crippen MR) is 127 cm³/mol. The Balaban J connectivity index is 1.74. The van der Waals surface area contributed by atoms with E-state index in [4.69, 9.17) is 4.98 Å². The van der Waals surface area contributed by atoms with Gasteiger partial charge in [-0.25, -0.2) is 9.67 Å². The van der Waals surface area contributed by atoms with Crippen LogP contribution in [0.2, 0.25) is 0 Å². The number of nitrogens with zero attached hydrogens (tertiary/aromatic N) is 3. The van der Waals surface area contributed by atoms with Crippen LogP contribution in [0.15, 0.2) is 53.3 Å². The third-order valence-corrected chi connectivity index (χ3v) is 5.37. The van der Waals surface area contributed by atoms with Crippen LogP contribution in [-0.4, -0.2) is 25.7 Å². The molecule has 0 saturated carbocycles. The summed E-state index contributed by atoms with van der Waals surface area (Å²) in [5.74, 6) is 0.965. The summed E-state index contributed by atoms with van der Waals surface area (Å²) in [4.78, 5) is 34.4. The van der Waals surface area contributed by atoms with Gasteiger partial charge in [0, 0.05) is 11.9 Å². The minimum Gasteiger partial charge on any atom is -0.341 e. The summed E-state index contributed by atoms with van der Waals surface area (Å²) in [6.45, 7) is 8.70. The maximum absolute atomic E-state index is 13.5. The highest BCUT2D eigenvalue weighted by Crippen LogP contribution is 2.23. The molecule has 1 unspecified atom stereocenters. The molecule has 0 fully saturated rings. The lowest BCUT2D eigenvalue weighted by Gasteiger charge is -2.19. The minimum absolute atomic E-state index is 0.179. The molecule has 0 aliphatic rings. The van der Waals surface area contributed by atoms with Crippen molar-refractivity contribution in [2.45, 2.75) is 46.7 Å². The Kier molecular flexibility index (Phi) is 6.08. The molecular weight excluding hydrogens is 402 g/mol. The summed E-state index contributed by atoms with van der Waals surface area (Å²) in [5.41, 5.74) is 1.87. The van der Waals surface area contributed by atoms with E-state index < -0.39 is 0 Å². The van der Waals surface area contributed by atoms with Crippen LogP contribution >= 0.6 is 0 Å². The number of aromatic nitrogens is 4. The highest BCUT2D eigenvalue weighted by molar-refractivity contribution is 6.04. The first-order valence-electron chi connectivity index (χ1n) is 11.1. The lowest BCUT2D eigenvalue weighted by Crippen LogP contribution is -2.34. The van der Waals surface area contributed by atoms with Gasteiger partial charge in [-0.05, 0) is 36.5 Å². The maximum atomic E-state index is 13.5. The number of benzene rings is 2. The van der Waals surface area contributed by atoms with Gasteiger partial charge in [0.1, 0.15) is 5.82 Å². The van der Waals surface area contributed by atoms with Crippen LogP contribution in [-0.2, 0) is 6.54 Å². The molecule has 2 heterocycles. The fourth-order valence-corrected chi connectivity index (χ4v) is 3.95. The summed E-state index contributed by atoms with van der Waals surface area (Å²) in [5, 5.41) is 8.65. The van der Waals surface area contributed by atoms with Gasteiger partial charge in [0.2, 0.25) is 0 Å². The van der Waals surface area contributed by atoms with E-state index >= 15 is 0 Å². The van der Waals surface area contributed by atoms with E-state index in [9.17, 15) is 9.59 Å². The average Bonchev–Trinajstić information content (AvgIpc) is 3.19.